The smallest absolute Gasteiger partial charge is 0.424 e. The highest BCUT2D eigenvalue weighted by molar-refractivity contribution is 7.88. The van der Waals surface area contributed by atoms with E-state index in [0.29, 0.717) is 4.31 Å². The van der Waals surface area contributed by atoms with Crippen LogP contribution in [0.25, 0.3) is 0 Å². The first-order valence-corrected chi connectivity index (χ1v) is 8.88. The minimum absolute atomic E-state index is 0.327. The number of ether oxygens (including phenoxy) is 1. The first-order chi connectivity index (χ1) is 9.71. The number of rotatable bonds is 3. The third-order valence-corrected chi connectivity index (χ3v) is 4.45. The van der Waals surface area contributed by atoms with Crippen molar-refractivity contribution in [1.29, 1.82) is 0 Å². The molecule has 1 heterocycles. The van der Waals surface area contributed by atoms with Gasteiger partial charge in [-0.2, -0.15) is 0 Å². The van der Waals surface area contributed by atoms with Crippen molar-refractivity contribution in [2.45, 2.75) is 51.7 Å². The zero-order valence-electron chi connectivity index (χ0n) is 13.5. The Balaban J connectivity index is 2.93. The van der Waals surface area contributed by atoms with Crippen molar-refractivity contribution >= 4 is 16.1 Å². The molecule has 0 spiro atoms. The summed E-state index contributed by atoms with van der Waals surface area (Å²) in [5, 5.41) is 2.64. The van der Waals surface area contributed by atoms with Gasteiger partial charge in [-0.25, -0.2) is 26.3 Å². The van der Waals surface area contributed by atoms with Crippen LogP contribution < -0.4 is 5.32 Å². The molecule has 0 bridgehead atoms. The molecule has 0 aromatic heterocycles. The van der Waals surface area contributed by atoms with E-state index in [4.69, 9.17) is 4.74 Å². The van der Waals surface area contributed by atoms with Crippen molar-refractivity contribution in [3.05, 3.63) is 0 Å². The van der Waals surface area contributed by atoms with E-state index in [0.717, 1.165) is 6.26 Å². The Morgan fingerprint density at radius 2 is 1.95 bits per heavy atom. The van der Waals surface area contributed by atoms with Gasteiger partial charge in [-0.15, -0.1) is 0 Å². The number of hydrogen-bond acceptors (Lipinski definition) is 5. The lowest BCUT2D eigenvalue weighted by molar-refractivity contribution is -0.0532. The highest BCUT2D eigenvalue weighted by Crippen LogP contribution is 2.30. The van der Waals surface area contributed by atoms with Crippen molar-refractivity contribution in [2.75, 3.05) is 19.3 Å². The second-order valence-electron chi connectivity index (χ2n) is 6.76. The van der Waals surface area contributed by atoms with Gasteiger partial charge < -0.3 is 10.1 Å². The van der Waals surface area contributed by atoms with Crippen LogP contribution in [0.3, 0.4) is 0 Å². The number of carbonyl (C=O) groups is 1. The zero-order valence-corrected chi connectivity index (χ0v) is 14.3. The van der Waals surface area contributed by atoms with Gasteiger partial charge in [-0.05, 0) is 33.6 Å². The molecule has 0 saturated carbocycles. The van der Waals surface area contributed by atoms with Crippen LogP contribution in [-0.4, -0.2) is 55.7 Å². The van der Waals surface area contributed by atoms with Gasteiger partial charge in [-0.3, -0.25) is 0 Å². The summed E-state index contributed by atoms with van der Waals surface area (Å²) in [5.74, 6) is -3.61. The molecule has 1 N–H and O–H groups in total. The molecule has 1 amide bonds. The molecule has 0 aromatic rings. The van der Waals surface area contributed by atoms with Gasteiger partial charge in [0.15, 0.2) is 0 Å². The van der Waals surface area contributed by atoms with E-state index in [1.165, 1.54) is 0 Å². The van der Waals surface area contributed by atoms with Crippen molar-refractivity contribution in [2.24, 2.45) is 5.92 Å². The number of piperidine rings is 1. The fourth-order valence-corrected chi connectivity index (χ4v) is 2.97. The van der Waals surface area contributed by atoms with Crippen molar-refractivity contribution < 1.29 is 26.7 Å². The Morgan fingerprint density at radius 1 is 1.41 bits per heavy atom. The van der Waals surface area contributed by atoms with Gasteiger partial charge in [0.05, 0.1) is 12.8 Å². The maximum absolute atomic E-state index is 13.5. The molecule has 2 unspecified atom stereocenters. The van der Waals surface area contributed by atoms with Gasteiger partial charge in [0, 0.05) is 19.0 Å². The van der Waals surface area contributed by atoms with E-state index < -0.39 is 46.5 Å². The van der Waals surface area contributed by atoms with Crippen molar-refractivity contribution in [3.8, 4) is 0 Å². The molecule has 130 valence electrons. The minimum Gasteiger partial charge on any atom is -0.443 e. The topological polar surface area (TPSA) is 75.7 Å². The molecule has 0 aromatic carbocycles. The standard InChI is InChI=1S/C13H24F2N2O4S/c1-9-10(6-13(14,15)8-16-9)7-17(22(5,19)20)11(18)21-12(2,3)4/h9-10,16H,6-8H2,1-5H3. The maximum atomic E-state index is 13.5. The predicted octanol–water partition coefficient (Wildman–Crippen LogP) is 1.82. The summed E-state index contributed by atoms with van der Waals surface area (Å²) >= 11 is 0. The summed E-state index contributed by atoms with van der Waals surface area (Å²) in [7, 11) is -3.91. The number of amides is 1. The summed E-state index contributed by atoms with van der Waals surface area (Å²) in [5.41, 5.74) is -0.875. The largest absolute Gasteiger partial charge is 0.443 e. The Bertz CT molecular complexity index is 517. The molecule has 22 heavy (non-hydrogen) atoms. The SMILES string of the molecule is CC1NCC(F)(F)CC1CN(C(=O)OC(C)(C)C)S(C)(=O)=O. The van der Waals surface area contributed by atoms with Gasteiger partial charge in [-0.1, -0.05) is 0 Å². The zero-order chi connectivity index (χ0) is 17.3. The summed E-state index contributed by atoms with van der Waals surface area (Å²) < 4.78 is 56.2. The number of hydrogen-bond donors (Lipinski definition) is 1. The van der Waals surface area contributed by atoms with Crippen LogP contribution in [0.5, 0.6) is 0 Å². The third kappa shape index (κ3) is 5.68. The number of nitrogens with zero attached hydrogens (tertiary/aromatic N) is 1. The Kier molecular flexibility index (Phi) is 5.44. The Labute approximate surface area is 130 Å². The highest BCUT2D eigenvalue weighted by Gasteiger charge is 2.42. The van der Waals surface area contributed by atoms with Crippen molar-refractivity contribution in [1.82, 2.24) is 9.62 Å². The van der Waals surface area contributed by atoms with Gasteiger partial charge in [0.2, 0.25) is 10.0 Å². The first kappa shape index (κ1) is 19.1. The Hall–Kier alpha value is -0.960. The molecule has 9 heteroatoms. The van der Waals surface area contributed by atoms with Crippen molar-refractivity contribution in [3.63, 3.8) is 0 Å². The molecule has 0 aliphatic carbocycles. The predicted molar refractivity (Wildman–Crippen MR) is 78.3 cm³/mol. The average molecular weight is 342 g/mol. The van der Waals surface area contributed by atoms with Crippen LogP contribution in [0, 0.1) is 5.92 Å². The lowest BCUT2D eigenvalue weighted by Gasteiger charge is -2.37. The summed E-state index contributed by atoms with van der Waals surface area (Å²) in [4.78, 5) is 12.1. The maximum Gasteiger partial charge on any atom is 0.424 e. The molecule has 1 fully saturated rings. The van der Waals surface area contributed by atoms with Crippen LogP contribution in [0.2, 0.25) is 0 Å². The van der Waals surface area contributed by atoms with Crippen LogP contribution in [-0.2, 0) is 14.8 Å². The van der Waals surface area contributed by atoms with E-state index in [2.05, 4.69) is 5.32 Å². The van der Waals surface area contributed by atoms with E-state index >= 15 is 0 Å². The molecular formula is C13H24F2N2O4S. The fraction of sp³-hybridized carbons (Fsp3) is 0.923. The fourth-order valence-electron chi connectivity index (χ4n) is 2.20. The molecular weight excluding hydrogens is 318 g/mol. The quantitative estimate of drug-likeness (QED) is 0.847. The lowest BCUT2D eigenvalue weighted by atomic mass is 9.90. The van der Waals surface area contributed by atoms with Crippen LogP contribution >= 0.6 is 0 Å². The highest BCUT2D eigenvalue weighted by atomic mass is 32.2. The summed E-state index contributed by atoms with van der Waals surface area (Å²) in [6.45, 7) is 5.71. The monoisotopic (exact) mass is 342 g/mol. The van der Waals surface area contributed by atoms with Gasteiger partial charge in [0.1, 0.15) is 5.60 Å². The second-order valence-corrected chi connectivity index (χ2v) is 8.67. The Morgan fingerprint density at radius 3 is 2.41 bits per heavy atom. The average Bonchev–Trinajstić information content (AvgIpc) is 2.26. The molecule has 0 radical (unpaired) electrons. The van der Waals surface area contributed by atoms with E-state index in [9.17, 15) is 22.0 Å². The molecule has 2 atom stereocenters. The normalized spacial score (nSPS) is 25.6. The van der Waals surface area contributed by atoms with E-state index in [-0.39, 0.29) is 12.6 Å². The minimum atomic E-state index is -3.91. The number of alkyl halides is 2. The summed E-state index contributed by atoms with van der Waals surface area (Å²) in [6.07, 6.45) is -0.664. The van der Waals surface area contributed by atoms with Crippen LogP contribution in [0.1, 0.15) is 34.1 Å². The molecule has 1 saturated heterocycles. The van der Waals surface area contributed by atoms with Crippen LogP contribution in [0.15, 0.2) is 0 Å². The number of halogens is 2. The summed E-state index contributed by atoms with van der Waals surface area (Å²) in [6, 6.07) is -0.327. The third-order valence-electron chi connectivity index (χ3n) is 3.35. The van der Waals surface area contributed by atoms with Crippen LogP contribution in [0.4, 0.5) is 13.6 Å². The second kappa shape index (κ2) is 6.27. The first-order valence-electron chi connectivity index (χ1n) is 7.03. The number of nitrogens with one attached hydrogen (secondary N) is 1. The van der Waals surface area contributed by atoms with Gasteiger partial charge in [0.25, 0.3) is 5.92 Å². The lowest BCUT2D eigenvalue weighted by Crippen LogP contribution is -2.54. The number of carbonyl (C=O) groups excluding carboxylic acids is 1. The van der Waals surface area contributed by atoms with E-state index in [1.807, 2.05) is 0 Å². The molecule has 1 aliphatic rings. The molecule has 1 aliphatic heterocycles. The molecule has 1 rings (SSSR count). The van der Waals surface area contributed by atoms with Gasteiger partial charge >= 0.3 is 6.09 Å². The van der Waals surface area contributed by atoms with E-state index in [1.54, 1.807) is 27.7 Å². The number of sulfonamides is 1. The molecule has 6 nitrogen and oxygen atoms in total.